The minimum absolute atomic E-state index is 0.153. The van der Waals surface area contributed by atoms with Crippen LogP contribution in [0.25, 0.3) is 11.1 Å². The van der Waals surface area contributed by atoms with Crippen molar-refractivity contribution in [3.63, 3.8) is 0 Å². The SMILES string of the molecule is CCOC(=O)[C@H](C)C[C@@H](Cc1ccc(-c2ccccc2)cc1)NC(=O)CCC(=O)[O-]. The fourth-order valence-corrected chi connectivity index (χ4v) is 3.26. The molecule has 0 saturated carbocycles. The molecule has 2 aromatic carbocycles. The van der Waals surface area contributed by atoms with Crippen LogP contribution in [0.1, 0.15) is 38.7 Å². The van der Waals surface area contributed by atoms with Crippen LogP contribution < -0.4 is 10.4 Å². The molecule has 0 aromatic heterocycles. The summed E-state index contributed by atoms with van der Waals surface area (Å²) < 4.78 is 5.07. The minimum Gasteiger partial charge on any atom is -0.550 e. The molecule has 0 aliphatic carbocycles. The van der Waals surface area contributed by atoms with Gasteiger partial charge in [-0.3, -0.25) is 9.59 Å². The number of hydrogen-bond donors (Lipinski definition) is 1. The van der Waals surface area contributed by atoms with E-state index in [1.54, 1.807) is 13.8 Å². The normalized spacial score (nSPS) is 12.6. The standard InChI is InChI=1S/C24H29NO5/c1-3-30-24(29)17(2)15-21(25-22(26)13-14-23(27)28)16-18-9-11-20(12-10-18)19-7-5-4-6-8-19/h4-12,17,21H,3,13-16H2,1-2H3,(H,25,26)(H,27,28)/p-1/t17-,21+/m1/s1. The molecule has 2 atom stereocenters. The lowest BCUT2D eigenvalue weighted by atomic mass is 9.94. The number of carboxylic acids is 1. The smallest absolute Gasteiger partial charge is 0.308 e. The molecule has 30 heavy (non-hydrogen) atoms. The highest BCUT2D eigenvalue weighted by atomic mass is 16.5. The molecule has 1 amide bonds. The number of rotatable bonds is 11. The highest BCUT2D eigenvalue weighted by molar-refractivity contribution is 5.80. The summed E-state index contributed by atoms with van der Waals surface area (Å²) in [7, 11) is 0. The first kappa shape index (κ1) is 23.1. The highest BCUT2D eigenvalue weighted by Gasteiger charge is 2.22. The third-order valence-corrected chi connectivity index (χ3v) is 4.79. The molecule has 0 spiro atoms. The minimum atomic E-state index is -1.27. The molecular formula is C24H28NO5-. The van der Waals surface area contributed by atoms with E-state index in [1.807, 2.05) is 54.6 Å². The molecule has 0 heterocycles. The summed E-state index contributed by atoms with van der Waals surface area (Å²) in [6, 6.07) is 17.7. The van der Waals surface area contributed by atoms with Crippen molar-refractivity contribution in [1.29, 1.82) is 0 Å². The maximum atomic E-state index is 12.1. The Kier molecular flexibility index (Phi) is 9.06. The molecule has 2 rings (SSSR count). The van der Waals surface area contributed by atoms with Gasteiger partial charge in [-0.25, -0.2) is 0 Å². The van der Waals surface area contributed by atoms with Gasteiger partial charge in [-0.15, -0.1) is 0 Å². The summed E-state index contributed by atoms with van der Waals surface area (Å²) >= 11 is 0. The summed E-state index contributed by atoms with van der Waals surface area (Å²) in [5.74, 6) is -2.34. The Balaban J connectivity index is 2.07. The average molecular weight is 410 g/mol. The molecule has 6 nitrogen and oxygen atoms in total. The first-order chi connectivity index (χ1) is 14.4. The maximum absolute atomic E-state index is 12.1. The Bertz CT molecular complexity index is 832. The molecule has 1 N–H and O–H groups in total. The lowest BCUT2D eigenvalue weighted by Gasteiger charge is -2.22. The molecule has 0 aliphatic heterocycles. The summed E-state index contributed by atoms with van der Waals surface area (Å²) in [5, 5.41) is 13.5. The topological polar surface area (TPSA) is 95.5 Å². The van der Waals surface area contributed by atoms with Gasteiger partial charge in [0.2, 0.25) is 5.91 Å². The number of carbonyl (C=O) groups is 3. The Morgan fingerprint density at radius 1 is 0.967 bits per heavy atom. The molecule has 0 fully saturated rings. The van der Waals surface area contributed by atoms with Gasteiger partial charge < -0.3 is 20.0 Å². The van der Waals surface area contributed by atoms with E-state index in [1.165, 1.54) is 0 Å². The van der Waals surface area contributed by atoms with Gasteiger partial charge >= 0.3 is 5.97 Å². The van der Waals surface area contributed by atoms with Crippen LogP contribution in [0.4, 0.5) is 0 Å². The Morgan fingerprint density at radius 2 is 1.60 bits per heavy atom. The van der Waals surface area contributed by atoms with E-state index in [4.69, 9.17) is 4.74 Å². The lowest BCUT2D eigenvalue weighted by Crippen LogP contribution is -2.39. The van der Waals surface area contributed by atoms with E-state index in [0.29, 0.717) is 19.4 Å². The molecule has 6 heteroatoms. The number of carbonyl (C=O) groups excluding carboxylic acids is 3. The van der Waals surface area contributed by atoms with Crippen LogP contribution >= 0.6 is 0 Å². The van der Waals surface area contributed by atoms with Crippen LogP contribution in [0.5, 0.6) is 0 Å². The second kappa shape index (κ2) is 11.8. The number of amides is 1. The van der Waals surface area contributed by atoms with Gasteiger partial charge in [0.1, 0.15) is 0 Å². The van der Waals surface area contributed by atoms with Crippen LogP contribution in [0, 0.1) is 5.92 Å². The van der Waals surface area contributed by atoms with Crippen molar-refractivity contribution in [1.82, 2.24) is 5.32 Å². The second-order valence-corrected chi connectivity index (χ2v) is 7.29. The van der Waals surface area contributed by atoms with Gasteiger partial charge in [-0.1, -0.05) is 61.5 Å². The van der Waals surface area contributed by atoms with Crippen molar-refractivity contribution in [2.75, 3.05) is 6.61 Å². The zero-order valence-corrected chi connectivity index (χ0v) is 17.4. The molecule has 0 saturated heterocycles. The van der Waals surface area contributed by atoms with Gasteiger partial charge in [-0.2, -0.15) is 0 Å². The van der Waals surface area contributed by atoms with Gasteiger partial charge in [0.25, 0.3) is 0 Å². The molecular weight excluding hydrogens is 382 g/mol. The van der Waals surface area contributed by atoms with Crippen molar-refractivity contribution >= 4 is 17.8 Å². The van der Waals surface area contributed by atoms with E-state index < -0.39 is 5.97 Å². The van der Waals surface area contributed by atoms with Crippen LogP contribution in [-0.2, 0) is 25.5 Å². The quantitative estimate of drug-likeness (QED) is 0.574. The van der Waals surface area contributed by atoms with Gasteiger partial charge in [0.15, 0.2) is 0 Å². The Morgan fingerprint density at radius 3 is 2.20 bits per heavy atom. The van der Waals surface area contributed by atoms with Crippen molar-refractivity contribution in [3.05, 3.63) is 60.2 Å². The first-order valence-corrected chi connectivity index (χ1v) is 10.2. The lowest BCUT2D eigenvalue weighted by molar-refractivity contribution is -0.305. The number of aliphatic carboxylic acids is 1. The zero-order chi connectivity index (χ0) is 21.9. The Labute approximate surface area is 177 Å². The predicted octanol–water partition coefficient (Wildman–Crippen LogP) is 2.50. The molecule has 160 valence electrons. The van der Waals surface area contributed by atoms with Crippen LogP contribution in [0.3, 0.4) is 0 Å². The number of ether oxygens (including phenoxy) is 1. The van der Waals surface area contributed by atoms with Crippen LogP contribution in [0.15, 0.2) is 54.6 Å². The average Bonchev–Trinajstić information content (AvgIpc) is 2.73. The third kappa shape index (κ3) is 7.70. The fraction of sp³-hybridized carbons (Fsp3) is 0.375. The first-order valence-electron chi connectivity index (χ1n) is 10.2. The summed E-state index contributed by atoms with van der Waals surface area (Å²) in [4.78, 5) is 34.8. The van der Waals surface area contributed by atoms with Crippen molar-refractivity contribution in [2.45, 2.75) is 45.6 Å². The number of esters is 1. The van der Waals surface area contributed by atoms with Crippen molar-refractivity contribution < 1.29 is 24.2 Å². The Hall–Kier alpha value is -3.15. The second-order valence-electron chi connectivity index (χ2n) is 7.29. The zero-order valence-electron chi connectivity index (χ0n) is 17.4. The highest BCUT2D eigenvalue weighted by Crippen LogP contribution is 2.21. The summed E-state index contributed by atoms with van der Waals surface area (Å²) in [6.07, 6.45) is 0.434. The number of carboxylic acid groups (broad SMARTS) is 1. The van der Waals surface area contributed by atoms with Crippen LogP contribution in [0.2, 0.25) is 0 Å². The van der Waals surface area contributed by atoms with E-state index in [9.17, 15) is 19.5 Å². The van der Waals surface area contributed by atoms with Crippen LogP contribution in [-0.4, -0.2) is 30.5 Å². The molecule has 0 aliphatic rings. The fourth-order valence-electron chi connectivity index (χ4n) is 3.26. The van der Waals surface area contributed by atoms with Gasteiger partial charge in [0, 0.05) is 18.4 Å². The molecule has 0 bridgehead atoms. The van der Waals surface area contributed by atoms with Gasteiger partial charge in [0.05, 0.1) is 12.5 Å². The predicted molar refractivity (Wildman–Crippen MR) is 112 cm³/mol. The third-order valence-electron chi connectivity index (χ3n) is 4.79. The van der Waals surface area contributed by atoms with Crippen molar-refractivity contribution in [2.24, 2.45) is 5.92 Å². The van der Waals surface area contributed by atoms with E-state index in [0.717, 1.165) is 16.7 Å². The van der Waals surface area contributed by atoms with E-state index in [2.05, 4.69) is 5.32 Å². The van der Waals surface area contributed by atoms with E-state index in [-0.39, 0.29) is 36.7 Å². The maximum Gasteiger partial charge on any atom is 0.308 e. The number of benzene rings is 2. The molecule has 2 aromatic rings. The van der Waals surface area contributed by atoms with Gasteiger partial charge in [-0.05, 0) is 42.9 Å². The molecule has 0 unspecified atom stereocenters. The monoisotopic (exact) mass is 410 g/mol. The molecule has 0 radical (unpaired) electrons. The van der Waals surface area contributed by atoms with E-state index >= 15 is 0 Å². The number of nitrogens with one attached hydrogen (secondary N) is 1. The summed E-state index contributed by atoms with van der Waals surface area (Å²) in [5.41, 5.74) is 3.22. The largest absolute Gasteiger partial charge is 0.550 e. The number of hydrogen-bond acceptors (Lipinski definition) is 5. The van der Waals surface area contributed by atoms with Crippen molar-refractivity contribution in [3.8, 4) is 11.1 Å². The summed E-state index contributed by atoms with van der Waals surface area (Å²) in [6.45, 7) is 3.81.